The number of nitrogens with zero attached hydrogens (tertiary/aromatic N) is 6. The number of rotatable bonds is 42. The summed E-state index contributed by atoms with van der Waals surface area (Å²) in [6.07, 6.45) is -2.99. The number of carboxylic acid groups (broad SMARTS) is 3. The van der Waals surface area contributed by atoms with Crippen molar-refractivity contribution in [2.75, 3.05) is 58.6 Å². The Kier molecular flexibility index (Phi) is 31.6. The Labute approximate surface area is 746 Å². The third-order valence-electron chi connectivity index (χ3n) is 20.6. The second-order valence-electron chi connectivity index (χ2n) is 30.7. The molecule has 0 aliphatic carbocycles. The van der Waals surface area contributed by atoms with E-state index in [9.17, 15) is 96.8 Å². The molecule has 12 amide bonds. The number of nitrogen functional groups attached to an aromatic ring is 1. The number of nitrogens with two attached hydrogens (primary N) is 2. The number of ether oxygens (including phenoxy) is 1. The topological polar surface area (TPSA) is 673 Å². The number of nitrogens with one attached hydrogen (secondary N) is 15. The van der Waals surface area contributed by atoms with E-state index >= 15 is 0 Å². The molecule has 130 heavy (non-hydrogen) atoms. The lowest BCUT2D eigenvalue weighted by Crippen LogP contribution is -2.58. The van der Waals surface area contributed by atoms with Crippen molar-refractivity contribution < 1.29 is 96.8 Å². The van der Waals surface area contributed by atoms with E-state index in [0.717, 1.165) is 10.9 Å². The number of fused-ring (bicyclic) bond motifs is 6. The van der Waals surface area contributed by atoms with Gasteiger partial charge in [0, 0.05) is 132 Å². The smallest absolute Gasteiger partial charge is 0.336 e. The zero-order chi connectivity index (χ0) is 93.9. The Hall–Kier alpha value is -15.4. The first-order chi connectivity index (χ1) is 61.9. The first-order valence-electron chi connectivity index (χ1n) is 40.7. The summed E-state index contributed by atoms with van der Waals surface area (Å²) >= 11 is 6.75. The van der Waals surface area contributed by atoms with Crippen LogP contribution >= 0.6 is 23.4 Å². The van der Waals surface area contributed by atoms with E-state index in [-0.39, 0.29) is 134 Å². The van der Waals surface area contributed by atoms with Crippen molar-refractivity contribution in [2.45, 2.75) is 139 Å². The molecule has 2 aliphatic heterocycles. The molecular weight excluding hydrogens is 1730 g/mol. The molecule has 1 fully saturated rings. The van der Waals surface area contributed by atoms with Gasteiger partial charge in [-0.05, 0) is 122 Å². The average molecular weight is 1830 g/mol. The van der Waals surface area contributed by atoms with Gasteiger partial charge in [-0.15, -0.1) is 23.4 Å². The van der Waals surface area contributed by atoms with E-state index in [4.69, 9.17) is 33.2 Å². The largest absolute Gasteiger partial charge is 0.481 e. The van der Waals surface area contributed by atoms with Crippen LogP contribution in [0.4, 0.5) is 28.7 Å². The molecule has 22 N–H and O–H groups in total. The van der Waals surface area contributed by atoms with E-state index in [0.29, 0.717) is 66.3 Å². The first kappa shape index (κ1) is 95.2. The van der Waals surface area contributed by atoms with Gasteiger partial charge in [0.2, 0.25) is 59.1 Å². The van der Waals surface area contributed by atoms with Gasteiger partial charge in [-0.3, -0.25) is 92.0 Å². The number of imide groups is 1. The molecule has 682 valence electrons. The molecule has 44 nitrogen and oxygen atoms in total. The van der Waals surface area contributed by atoms with E-state index in [1.807, 2.05) is 29.6 Å². The molecule has 46 heteroatoms. The molecule has 0 bridgehead atoms. The molecule has 0 radical (unpaired) electrons. The van der Waals surface area contributed by atoms with Crippen molar-refractivity contribution >= 4 is 202 Å². The molecule has 1 saturated heterocycles. The minimum atomic E-state index is -2.12. The summed E-state index contributed by atoms with van der Waals surface area (Å²) in [6, 6.07) is 21.9. The molecule has 2 unspecified atom stereocenters. The van der Waals surface area contributed by atoms with Crippen LogP contribution in [-0.2, 0) is 68.9 Å². The number of halogens is 1. The minimum absolute atomic E-state index is 0.00953. The van der Waals surface area contributed by atoms with Gasteiger partial charge in [-0.1, -0.05) is 38.1 Å². The number of aromatic nitrogens is 6. The number of hydrogen-bond donors (Lipinski definition) is 20. The normalized spacial score (nSPS) is 14.7. The number of anilines is 5. The van der Waals surface area contributed by atoms with Crippen molar-refractivity contribution in [3.63, 3.8) is 0 Å². The Morgan fingerprint density at radius 1 is 0.669 bits per heavy atom. The summed E-state index contributed by atoms with van der Waals surface area (Å²) in [4.78, 5) is 247. The number of likely N-dealkylation sites (tertiary alicyclic amines) is 1. The van der Waals surface area contributed by atoms with Crippen LogP contribution < -0.4 is 85.3 Å². The minimum Gasteiger partial charge on any atom is -0.481 e. The van der Waals surface area contributed by atoms with Crippen LogP contribution in [0.25, 0.3) is 43.7 Å². The molecule has 0 saturated carbocycles. The zero-order valence-electron chi connectivity index (χ0n) is 70.1. The van der Waals surface area contributed by atoms with Gasteiger partial charge < -0.3 is 99.6 Å². The number of thioether (sulfide) groups is 1. The van der Waals surface area contributed by atoms with Crippen molar-refractivity contribution in [3.8, 4) is 5.75 Å². The fourth-order valence-corrected chi connectivity index (χ4v) is 15.6. The number of carbonyl (C=O) groups excluding carboxylic acids is 13. The Morgan fingerprint density at radius 2 is 1.29 bits per heavy atom. The number of amides is 12. The lowest BCUT2D eigenvalue weighted by Gasteiger charge is -2.25. The SMILES string of the molecule is CC(=O)Oc1cc2c(c3ccccc13)C(CCl)CN2C(=O)c1cc2cc(NC(=O)c3cc4cc(NC(=O)[C@@H](NC(=O)CC/C(C)=N\NC(=O)CCN5C(=O)CC(S[C@H](NC(=O)[C@H](CC(=O)O)NC(=O)[C@H](CCCNC(=N)N)NC(=O)[C@H](CC(=O)O)NC(=O)CCCNC(=O)c6ccc(NCc7cnc8nc(N)[nH]c(=O)c8n7)cc6)C(=O)O)C5=O)C(C)C)ccc4[nH]3)ccc2[nH]1. The standard InChI is InChI=1S/C84H92ClN23O21S/c1-39(2)69(77(123)95-48-19-20-52-43(27-48)29-55(96-52)74(120)94-47-18-21-53-44(28-47)30-58(97-53)80(125)108-38-45(35-85)68-51-10-6-5-9-50(51)60(33-59(68)108)129-41(4)109)101-63(111)22-13-40(3)105-106-64(112)23-26-107-65(113)34-61(81(107)126)130-79(82(127)128)103-76(122)57(32-67(116)117)100-73(119)54(11-7-25-90-83(86)87)99-75(121)56(31-66(114)115)98-62(110)12-8-24-89-72(118)42-14-16-46(17-15-42)91-36-49-37-92-71-70(93-49)78(124)104-84(88)102-71/h5-6,9-10,14-21,27-30,33,37,39,45,54,56-57,61,69,79,91,96-97H,7-8,11-13,22-26,31-32,34-36,38H2,1-4H3,(H,89,118)(H,94,120)(H,95,123)(H,98,110)(H,99,121)(H,100,119)(H,101,111)(H,103,122)(H,106,112)(H,114,115)(H,116,117)(H,127,128)(H4,86,87,90)(H3,88,92,102,104,124)/b105-40-/t45?,54-,56-,57-,61?,69-,79-/m0/s1. The maximum absolute atomic E-state index is 14.3. The van der Waals surface area contributed by atoms with Crippen LogP contribution in [-0.4, -0.2) is 223 Å². The molecule has 7 atom stereocenters. The summed E-state index contributed by atoms with van der Waals surface area (Å²) < 4.78 is 5.59. The molecule has 4 aromatic heterocycles. The number of hydrazone groups is 1. The predicted molar refractivity (Wildman–Crippen MR) is 475 cm³/mol. The van der Waals surface area contributed by atoms with E-state index in [1.165, 1.54) is 32.2 Å². The van der Waals surface area contributed by atoms with E-state index < -0.39 is 173 Å². The average Bonchev–Trinajstić information content (AvgIpc) is 1.57. The highest BCUT2D eigenvalue weighted by Gasteiger charge is 2.43. The molecule has 5 aromatic carbocycles. The van der Waals surface area contributed by atoms with Gasteiger partial charge in [0.05, 0.1) is 42.2 Å². The van der Waals surface area contributed by atoms with Crippen LogP contribution in [0.5, 0.6) is 5.75 Å². The maximum atomic E-state index is 14.3. The number of esters is 1. The van der Waals surface area contributed by atoms with Crippen LogP contribution in [0, 0.1) is 11.3 Å². The van der Waals surface area contributed by atoms with Gasteiger partial charge in [0.1, 0.15) is 41.3 Å². The number of benzene rings is 5. The van der Waals surface area contributed by atoms with Gasteiger partial charge >= 0.3 is 23.9 Å². The molecular formula is C84H92ClN23O21S. The summed E-state index contributed by atoms with van der Waals surface area (Å²) in [6.45, 7) is 5.99. The highest BCUT2D eigenvalue weighted by molar-refractivity contribution is 8.01. The monoisotopic (exact) mass is 1830 g/mol. The number of aromatic amines is 3. The van der Waals surface area contributed by atoms with E-state index in [2.05, 4.69) is 88.3 Å². The van der Waals surface area contributed by atoms with Crippen LogP contribution in [0.3, 0.4) is 0 Å². The number of alkyl halides is 1. The van der Waals surface area contributed by atoms with Gasteiger partial charge in [-0.2, -0.15) is 10.1 Å². The predicted octanol–water partition coefficient (Wildman–Crippen LogP) is 3.19. The van der Waals surface area contributed by atoms with Crippen LogP contribution in [0.1, 0.15) is 140 Å². The fourth-order valence-electron chi connectivity index (χ4n) is 14.2. The van der Waals surface area contributed by atoms with Gasteiger partial charge in [0.25, 0.3) is 23.3 Å². The number of carbonyl (C=O) groups is 16. The van der Waals surface area contributed by atoms with Crippen LogP contribution in [0.2, 0.25) is 0 Å². The summed E-state index contributed by atoms with van der Waals surface area (Å²) in [5.74, 6) is -16.1. The first-order valence-corrected chi connectivity index (χ1v) is 42.1. The Morgan fingerprint density at radius 3 is 1.95 bits per heavy atom. The number of carboxylic acids is 3. The lowest BCUT2D eigenvalue weighted by atomic mass is 9.95. The second kappa shape index (κ2) is 43.2. The van der Waals surface area contributed by atoms with E-state index in [1.54, 1.807) is 85.5 Å². The number of hydrogen-bond acceptors (Lipinski definition) is 26. The Bertz CT molecular complexity index is 6080. The Balaban J connectivity index is 0.606. The highest BCUT2D eigenvalue weighted by atomic mass is 35.5. The van der Waals surface area contributed by atoms with Gasteiger partial charge in [-0.25, -0.2) is 20.2 Å². The molecule has 0 spiro atoms. The van der Waals surface area contributed by atoms with Crippen LogP contribution in [0.15, 0.2) is 119 Å². The van der Waals surface area contributed by atoms with Crippen molar-refractivity contribution in [2.24, 2.45) is 16.8 Å². The molecule has 9 aromatic rings. The highest BCUT2D eigenvalue weighted by Crippen LogP contribution is 2.46. The third-order valence-corrected chi connectivity index (χ3v) is 22.3. The number of guanidine groups is 1. The quantitative estimate of drug-likeness (QED) is 0.00301. The molecule has 6 heterocycles. The van der Waals surface area contributed by atoms with Crippen molar-refractivity contribution in [1.29, 1.82) is 5.41 Å². The third kappa shape index (κ3) is 25.0. The van der Waals surface area contributed by atoms with Crippen molar-refractivity contribution in [3.05, 3.63) is 148 Å². The number of H-pyrrole nitrogens is 3. The van der Waals surface area contributed by atoms with Gasteiger partial charge in [0.15, 0.2) is 22.5 Å². The second-order valence-corrected chi connectivity index (χ2v) is 32.3. The fraction of sp³-hybridized carbons (Fsp3) is 0.333. The van der Waals surface area contributed by atoms with Crippen molar-refractivity contribution in [1.82, 2.24) is 77.4 Å². The summed E-state index contributed by atoms with van der Waals surface area (Å²) in [7, 11) is 0. The molecule has 11 rings (SSSR count). The summed E-state index contributed by atoms with van der Waals surface area (Å²) in [5.41, 5.74) is 18.1. The number of aliphatic carboxylic acids is 3. The molecule has 2 aliphatic rings. The summed E-state index contributed by atoms with van der Waals surface area (Å²) in [5, 5.41) is 65.9. The maximum Gasteiger partial charge on any atom is 0.336 e. The lowest BCUT2D eigenvalue weighted by molar-refractivity contribution is -0.142. The zero-order valence-corrected chi connectivity index (χ0v) is 71.7.